The third-order valence-electron chi connectivity index (χ3n) is 4.29. The van der Waals surface area contributed by atoms with Gasteiger partial charge < -0.3 is 14.8 Å². The summed E-state index contributed by atoms with van der Waals surface area (Å²) >= 11 is 0. The molecule has 114 valence electrons. The number of H-pyrrole nitrogens is 1. The molecule has 0 aliphatic carbocycles. The van der Waals surface area contributed by atoms with Gasteiger partial charge in [0, 0.05) is 52.5 Å². The van der Waals surface area contributed by atoms with Crippen LogP contribution in [-0.4, -0.2) is 70.9 Å². The highest BCUT2D eigenvalue weighted by Crippen LogP contribution is 2.30. The van der Waals surface area contributed by atoms with Crippen LogP contribution in [-0.2, 0) is 11.2 Å². The highest BCUT2D eigenvalue weighted by molar-refractivity contribution is 6.07. The molecule has 7 heteroatoms. The second-order valence-corrected chi connectivity index (χ2v) is 5.94. The van der Waals surface area contributed by atoms with E-state index in [0.717, 1.165) is 44.7 Å². The van der Waals surface area contributed by atoms with Crippen molar-refractivity contribution in [3.63, 3.8) is 0 Å². The van der Waals surface area contributed by atoms with Gasteiger partial charge in [0.1, 0.15) is 11.4 Å². The Morgan fingerprint density at radius 2 is 2.14 bits per heavy atom. The lowest BCUT2D eigenvalue weighted by Gasteiger charge is -2.35. The number of aliphatic imine (C=N–C) groups is 1. The number of piperidine rings is 1. The highest BCUT2D eigenvalue weighted by Gasteiger charge is 2.46. The summed E-state index contributed by atoms with van der Waals surface area (Å²) in [6.45, 7) is 2.77. The Bertz CT molecular complexity index is 528. The number of nitrogens with one attached hydrogen (secondary N) is 2. The smallest absolute Gasteiger partial charge is 0.254 e. The summed E-state index contributed by atoms with van der Waals surface area (Å²) in [5.74, 6) is 1.75. The van der Waals surface area contributed by atoms with Crippen molar-refractivity contribution in [3.8, 4) is 0 Å². The first kappa shape index (κ1) is 14.1. The molecule has 1 amide bonds. The van der Waals surface area contributed by atoms with Crippen molar-refractivity contribution in [3.05, 3.63) is 18.2 Å². The van der Waals surface area contributed by atoms with Crippen LogP contribution in [0.2, 0.25) is 0 Å². The minimum absolute atomic E-state index is 0.0527. The number of nitrogens with zero attached hydrogens (tertiary/aromatic N) is 4. The summed E-state index contributed by atoms with van der Waals surface area (Å²) in [5.41, 5.74) is -0.541. The number of hydrogen-bond donors (Lipinski definition) is 2. The monoisotopic (exact) mass is 290 g/mol. The van der Waals surface area contributed by atoms with Gasteiger partial charge in [-0.2, -0.15) is 0 Å². The van der Waals surface area contributed by atoms with Gasteiger partial charge in [0.15, 0.2) is 0 Å². The molecule has 1 aromatic rings. The zero-order chi connectivity index (χ0) is 14.9. The molecule has 7 nitrogen and oxygen atoms in total. The molecular weight excluding hydrogens is 268 g/mol. The standard InChI is InChI=1S/C14H22N6O/c1-19(2)13-17-12(21)14(18-13)4-9-20(10-5-14)8-3-11-15-6-7-16-11/h6-7H,3-5,8-10H2,1-2H3,(H,15,16)(H,17,18,21). The lowest BCUT2D eigenvalue weighted by Crippen LogP contribution is -2.49. The van der Waals surface area contributed by atoms with Crippen LogP contribution in [0.1, 0.15) is 18.7 Å². The van der Waals surface area contributed by atoms with Gasteiger partial charge in [-0.25, -0.2) is 9.98 Å². The number of imidazole rings is 1. The van der Waals surface area contributed by atoms with Crippen LogP contribution in [0.5, 0.6) is 0 Å². The van der Waals surface area contributed by atoms with E-state index in [4.69, 9.17) is 0 Å². The van der Waals surface area contributed by atoms with Gasteiger partial charge in [0.25, 0.3) is 5.91 Å². The number of carbonyl (C=O) groups is 1. The molecule has 0 unspecified atom stereocenters. The zero-order valence-corrected chi connectivity index (χ0v) is 12.6. The average Bonchev–Trinajstić information content (AvgIpc) is 3.08. The van der Waals surface area contributed by atoms with E-state index in [0.29, 0.717) is 5.96 Å². The van der Waals surface area contributed by atoms with E-state index in [1.165, 1.54) is 0 Å². The molecule has 0 saturated carbocycles. The number of hydrogen-bond acceptors (Lipinski definition) is 5. The molecule has 0 bridgehead atoms. The molecule has 1 aromatic heterocycles. The Labute approximate surface area is 124 Å². The van der Waals surface area contributed by atoms with Crippen molar-refractivity contribution < 1.29 is 4.79 Å². The molecule has 1 saturated heterocycles. The molecule has 3 rings (SSSR count). The number of likely N-dealkylation sites (tertiary alicyclic amines) is 1. The normalized spacial score (nSPS) is 21.4. The maximum atomic E-state index is 12.2. The first-order chi connectivity index (χ1) is 10.1. The van der Waals surface area contributed by atoms with Crippen molar-refractivity contribution in [2.24, 2.45) is 4.99 Å². The van der Waals surface area contributed by atoms with Crippen molar-refractivity contribution in [1.82, 2.24) is 25.1 Å². The van der Waals surface area contributed by atoms with Crippen LogP contribution < -0.4 is 5.32 Å². The van der Waals surface area contributed by atoms with E-state index in [-0.39, 0.29) is 5.91 Å². The summed E-state index contributed by atoms with van der Waals surface area (Å²) in [6, 6.07) is 0. The van der Waals surface area contributed by atoms with Gasteiger partial charge in [-0.15, -0.1) is 0 Å². The van der Waals surface area contributed by atoms with Gasteiger partial charge >= 0.3 is 0 Å². The second-order valence-electron chi connectivity index (χ2n) is 5.94. The first-order valence-electron chi connectivity index (χ1n) is 7.38. The van der Waals surface area contributed by atoms with Crippen LogP contribution >= 0.6 is 0 Å². The van der Waals surface area contributed by atoms with E-state index in [2.05, 4.69) is 25.2 Å². The molecule has 2 N–H and O–H groups in total. The minimum atomic E-state index is -0.541. The Kier molecular flexibility index (Phi) is 3.67. The quantitative estimate of drug-likeness (QED) is 0.810. The van der Waals surface area contributed by atoms with E-state index >= 15 is 0 Å². The van der Waals surface area contributed by atoms with E-state index in [1.807, 2.05) is 25.2 Å². The maximum absolute atomic E-state index is 12.2. The molecule has 0 radical (unpaired) electrons. The summed E-state index contributed by atoms with van der Waals surface area (Å²) in [6.07, 6.45) is 6.11. The Hall–Kier alpha value is -1.89. The SMILES string of the molecule is CN(C)C1=NC2(CCN(CCc3ncc[nH]3)CC2)C(=O)N1. The summed E-state index contributed by atoms with van der Waals surface area (Å²) in [5, 5.41) is 2.89. The van der Waals surface area contributed by atoms with Crippen molar-refractivity contribution >= 4 is 11.9 Å². The Morgan fingerprint density at radius 1 is 1.38 bits per heavy atom. The summed E-state index contributed by atoms with van der Waals surface area (Å²) < 4.78 is 0. The Morgan fingerprint density at radius 3 is 2.71 bits per heavy atom. The molecular formula is C14H22N6O. The van der Waals surface area contributed by atoms with Crippen LogP contribution in [0.15, 0.2) is 17.4 Å². The number of rotatable bonds is 3. The molecule has 0 aromatic carbocycles. The number of carbonyl (C=O) groups excluding carboxylic acids is 1. The van der Waals surface area contributed by atoms with E-state index in [9.17, 15) is 4.79 Å². The largest absolute Gasteiger partial charge is 0.349 e. The Balaban J connectivity index is 1.56. The van der Waals surface area contributed by atoms with E-state index in [1.54, 1.807) is 6.20 Å². The summed E-state index contributed by atoms with van der Waals surface area (Å²) in [4.78, 5) is 28.5. The van der Waals surface area contributed by atoms with Crippen molar-refractivity contribution in [2.75, 3.05) is 33.7 Å². The molecule has 21 heavy (non-hydrogen) atoms. The topological polar surface area (TPSA) is 76.6 Å². The third-order valence-corrected chi connectivity index (χ3v) is 4.29. The van der Waals surface area contributed by atoms with Crippen molar-refractivity contribution in [1.29, 1.82) is 0 Å². The van der Waals surface area contributed by atoms with Crippen LogP contribution in [0.4, 0.5) is 0 Å². The van der Waals surface area contributed by atoms with E-state index < -0.39 is 5.54 Å². The predicted molar refractivity (Wildman–Crippen MR) is 80.0 cm³/mol. The maximum Gasteiger partial charge on any atom is 0.254 e. The summed E-state index contributed by atoms with van der Waals surface area (Å²) in [7, 11) is 3.80. The van der Waals surface area contributed by atoms with Crippen LogP contribution in [0, 0.1) is 0 Å². The number of aromatic nitrogens is 2. The molecule has 3 heterocycles. The fraction of sp³-hybridized carbons (Fsp3) is 0.643. The van der Waals surface area contributed by atoms with Gasteiger partial charge in [0.05, 0.1) is 0 Å². The zero-order valence-electron chi connectivity index (χ0n) is 12.6. The van der Waals surface area contributed by atoms with Gasteiger partial charge in [-0.3, -0.25) is 10.1 Å². The molecule has 2 aliphatic rings. The van der Waals surface area contributed by atoms with Crippen molar-refractivity contribution in [2.45, 2.75) is 24.8 Å². The second kappa shape index (κ2) is 5.48. The molecule has 1 fully saturated rings. The van der Waals surface area contributed by atoms with Gasteiger partial charge in [0.2, 0.25) is 5.96 Å². The van der Waals surface area contributed by atoms with Crippen LogP contribution in [0.3, 0.4) is 0 Å². The lowest BCUT2D eigenvalue weighted by molar-refractivity contribution is -0.125. The lowest BCUT2D eigenvalue weighted by atomic mass is 9.88. The number of amides is 1. The fourth-order valence-corrected chi connectivity index (χ4v) is 2.90. The molecule has 0 atom stereocenters. The third kappa shape index (κ3) is 2.78. The molecule has 1 spiro atoms. The fourth-order valence-electron chi connectivity index (χ4n) is 2.90. The number of aromatic amines is 1. The highest BCUT2D eigenvalue weighted by atomic mass is 16.2. The molecule has 2 aliphatic heterocycles. The predicted octanol–water partition coefficient (Wildman–Crippen LogP) is -0.166. The van der Waals surface area contributed by atoms with Gasteiger partial charge in [-0.05, 0) is 12.8 Å². The van der Waals surface area contributed by atoms with Gasteiger partial charge in [-0.1, -0.05) is 0 Å². The van der Waals surface area contributed by atoms with Crippen LogP contribution in [0.25, 0.3) is 0 Å². The number of guanidine groups is 1. The average molecular weight is 290 g/mol. The minimum Gasteiger partial charge on any atom is -0.349 e. The first-order valence-corrected chi connectivity index (χ1v) is 7.38.